The molecular weight excluding hydrogens is 304 g/mol. The zero-order valence-corrected chi connectivity index (χ0v) is 11.4. The Kier molecular flexibility index (Phi) is 3.54. The highest BCUT2D eigenvalue weighted by Gasteiger charge is 2.09. The van der Waals surface area contributed by atoms with Crippen LogP contribution in [0.25, 0.3) is 0 Å². The van der Waals surface area contributed by atoms with Gasteiger partial charge < -0.3 is 10.5 Å². The Morgan fingerprint density at radius 1 is 1.35 bits per heavy atom. The van der Waals surface area contributed by atoms with E-state index in [1.807, 2.05) is 13.0 Å². The Bertz CT molecular complexity index is 520. The fraction of sp³-hybridized carbons (Fsp3) is 0.0833. The van der Waals surface area contributed by atoms with Gasteiger partial charge in [0.2, 0.25) is 5.88 Å². The molecule has 0 saturated carbocycles. The topological polar surface area (TPSA) is 48.1 Å². The fourth-order valence-electron chi connectivity index (χ4n) is 1.37. The van der Waals surface area contributed by atoms with Crippen molar-refractivity contribution in [1.29, 1.82) is 0 Å². The number of rotatable bonds is 2. The van der Waals surface area contributed by atoms with Crippen molar-refractivity contribution in [3.63, 3.8) is 0 Å². The second-order valence-corrected chi connectivity index (χ2v) is 4.89. The van der Waals surface area contributed by atoms with Gasteiger partial charge in [0.05, 0.1) is 16.9 Å². The largest absolute Gasteiger partial charge is 0.437 e. The first kappa shape index (κ1) is 12.2. The molecule has 0 spiro atoms. The van der Waals surface area contributed by atoms with Gasteiger partial charge in [-0.25, -0.2) is 4.98 Å². The predicted octanol–water partition coefficient (Wildman–Crippen LogP) is 4.18. The van der Waals surface area contributed by atoms with Crippen LogP contribution in [0.4, 0.5) is 5.69 Å². The third kappa shape index (κ3) is 2.90. The minimum absolute atomic E-state index is 0.464. The zero-order chi connectivity index (χ0) is 12.4. The molecule has 0 amide bonds. The second-order valence-electron chi connectivity index (χ2n) is 3.57. The van der Waals surface area contributed by atoms with Gasteiger partial charge in [-0.15, -0.1) is 0 Å². The number of benzene rings is 1. The van der Waals surface area contributed by atoms with Crippen LogP contribution < -0.4 is 10.5 Å². The lowest BCUT2D eigenvalue weighted by molar-refractivity contribution is 0.460. The van der Waals surface area contributed by atoms with E-state index in [2.05, 4.69) is 20.9 Å². The minimum Gasteiger partial charge on any atom is -0.437 e. The van der Waals surface area contributed by atoms with E-state index in [1.54, 1.807) is 18.2 Å². The van der Waals surface area contributed by atoms with Crippen molar-refractivity contribution in [1.82, 2.24) is 4.98 Å². The maximum absolute atomic E-state index is 6.11. The van der Waals surface area contributed by atoms with Crippen molar-refractivity contribution < 1.29 is 4.74 Å². The van der Waals surface area contributed by atoms with E-state index in [-0.39, 0.29) is 0 Å². The first-order valence-electron chi connectivity index (χ1n) is 4.91. The number of anilines is 1. The van der Waals surface area contributed by atoms with Crippen LogP contribution in [0, 0.1) is 6.92 Å². The molecule has 0 bridgehead atoms. The van der Waals surface area contributed by atoms with Crippen molar-refractivity contribution in [2.75, 3.05) is 5.73 Å². The summed E-state index contributed by atoms with van der Waals surface area (Å²) in [7, 11) is 0. The van der Waals surface area contributed by atoms with Gasteiger partial charge in [0.1, 0.15) is 0 Å². The molecule has 1 aromatic heterocycles. The number of halogens is 2. The highest BCUT2D eigenvalue weighted by atomic mass is 79.9. The molecule has 0 fully saturated rings. The lowest BCUT2D eigenvalue weighted by atomic mass is 10.2. The van der Waals surface area contributed by atoms with Crippen LogP contribution in [0.3, 0.4) is 0 Å². The zero-order valence-electron chi connectivity index (χ0n) is 9.08. The molecule has 2 aromatic rings. The van der Waals surface area contributed by atoms with Crippen LogP contribution in [0.15, 0.2) is 34.9 Å². The first-order valence-corrected chi connectivity index (χ1v) is 6.08. The van der Waals surface area contributed by atoms with E-state index in [0.29, 0.717) is 22.3 Å². The maximum Gasteiger partial charge on any atom is 0.219 e. The molecule has 0 aliphatic carbocycles. The number of nitrogen functional groups attached to an aromatic ring is 1. The van der Waals surface area contributed by atoms with E-state index in [4.69, 9.17) is 22.1 Å². The van der Waals surface area contributed by atoms with E-state index < -0.39 is 0 Å². The average molecular weight is 314 g/mol. The number of hydrogen-bond acceptors (Lipinski definition) is 3. The molecule has 1 aromatic carbocycles. The number of hydrogen-bond donors (Lipinski definition) is 1. The summed E-state index contributed by atoms with van der Waals surface area (Å²) in [4.78, 5) is 4.06. The number of nitrogens with two attached hydrogens (primary N) is 1. The summed E-state index contributed by atoms with van der Waals surface area (Å²) >= 11 is 9.48. The number of ether oxygens (including phenoxy) is 1. The summed E-state index contributed by atoms with van der Waals surface area (Å²) in [5, 5.41) is 0.538. The van der Waals surface area contributed by atoms with E-state index >= 15 is 0 Å². The van der Waals surface area contributed by atoms with Crippen molar-refractivity contribution in [3.05, 3.63) is 45.5 Å². The Hall–Kier alpha value is -1.26. The number of aromatic nitrogens is 1. The molecule has 88 valence electrons. The molecule has 0 radical (unpaired) electrons. The van der Waals surface area contributed by atoms with Gasteiger partial charge in [0.25, 0.3) is 0 Å². The molecule has 5 heteroatoms. The highest BCUT2D eigenvalue weighted by molar-refractivity contribution is 9.10. The van der Waals surface area contributed by atoms with Crippen LogP contribution in [-0.4, -0.2) is 4.98 Å². The van der Waals surface area contributed by atoms with Gasteiger partial charge in [0, 0.05) is 10.5 Å². The van der Waals surface area contributed by atoms with Gasteiger partial charge >= 0.3 is 0 Å². The second kappa shape index (κ2) is 4.94. The van der Waals surface area contributed by atoms with Gasteiger partial charge in [-0.1, -0.05) is 27.5 Å². The molecule has 17 heavy (non-hydrogen) atoms. The highest BCUT2D eigenvalue weighted by Crippen LogP contribution is 2.34. The molecule has 0 atom stereocenters. The molecule has 1 heterocycles. The van der Waals surface area contributed by atoms with Crippen LogP contribution >= 0.6 is 27.5 Å². The van der Waals surface area contributed by atoms with Gasteiger partial charge in [-0.2, -0.15) is 0 Å². The third-order valence-corrected chi connectivity index (χ3v) is 2.90. The molecule has 0 saturated heterocycles. The third-order valence-electron chi connectivity index (χ3n) is 2.16. The smallest absolute Gasteiger partial charge is 0.219 e. The lowest BCUT2D eigenvalue weighted by Crippen LogP contribution is -1.93. The molecule has 3 nitrogen and oxygen atoms in total. The minimum atomic E-state index is 0.464. The number of nitrogens with zero attached hydrogens (tertiary/aromatic N) is 1. The van der Waals surface area contributed by atoms with Crippen LogP contribution in [0.2, 0.25) is 5.02 Å². The monoisotopic (exact) mass is 312 g/mol. The van der Waals surface area contributed by atoms with Crippen LogP contribution in [0.5, 0.6) is 11.6 Å². The maximum atomic E-state index is 6.11. The van der Waals surface area contributed by atoms with Gasteiger partial charge in [0.15, 0.2) is 5.75 Å². The molecule has 0 unspecified atom stereocenters. The summed E-state index contributed by atoms with van der Waals surface area (Å²) in [5.74, 6) is 1.07. The number of pyridine rings is 1. The van der Waals surface area contributed by atoms with E-state index in [9.17, 15) is 0 Å². The van der Waals surface area contributed by atoms with Crippen molar-refractivity contribution in [2.24, 2.45) is 0 Å². The fourth-order valence-corrected chi connectivity index (χ4v) is 2.38. The Morgan fingerprint density at radius 3 is 2.71 bits per heavy atom. The molecule has 0 aliphatic rings. The summed E-state index contributed by atoms with van der Waals surface area (Å²) in [6.45, 7) is 1.92. The molecule has 0 aliphatic heterocycles. The Labute approximate surface area is 113 Å². The van der Waals surface area contributed by atoms with Crippen molar-refractivity contribution >= 4 is 33.2 Å². The number of aryl methyl sites for hydroxylation is 1. The quantitative estimate of drug-likeness (QED) is 0.904. The summed E-state index contributed by atoms with van der Waals surface area (Å²) in [6.07, 6.45) is 1.54. The Morgan fingerprint density at radius 2 is 2.12 bits per heavy atom. The Balaban J connectivity index is 2.33. The SMILES string of the molecule is Cc1cc(Br)cc(Cl)c1Oc1ccc(N)cn1. The van der Waals surface area contributed by atoms with Crippen molar-refractivity contribution in [2.45, 2.75) is 6.92 Å². The van der Waals surface area contributed by atoms with E-state index in [1.165, 1.54) is 6.20 Å². The van der Waals surface area contributed by atoms with Gasteiger partial charge in [-0.05, 0) is 30.7 Å². The first-order chi connectivity index (χ1) is 8.06. The average Bonchev–Trinajstić information content (AvgIpc) is 2.26. The summed E-state index contributed by atoms with van der Waals surface area (Å²) in [6, 6.07) is 7.14. The molecule has 2 rings (SSSR count). The van der Waals surface area contributed by atoms with Crippen LogP contribution in [-0.2, 0) is 0 Å². The van der Waals surface area contributed by atoms with Crippen LogP contribution in [0.1, 0.15) is 5.56 Å². The lowest BCUT2D eigenvalue weighted by Gasteiger charge is -2.10. The van der Waals surface area contributed by atoms with Crippen molar-refractivity contribution in [3.8, 4) is 11.6 Å². The normalized spacial score (nSPS) is 10.3. The summed E-state index contributed by atoms with van der Waals surface area (Å²) in [5.41, 5.74) is 7.08. The standard InChI is InChI=1S/C12H10BrClN2O/c1-7-4-8(13)5-10(14)12(7)17-11-3-2-9(15)6-16-11/h2-6H,15H2,1H3. The van der Waals surface area contributed by atoms with E-state index in [0.717, 1.165) is 10.0 Å². The van der Waals surface area contributed by atoms with Gasteiger partial charge in [-0.3, -0.25) is 0 Å². The molecular formula is C12H10BrClN2O. The predicted molar refractivity (Wildman–Crippen MR) is 72.6 cm³/mol. The summed E-state index contributed by atoms with van der Waals surface area (Å²) < 4.78 is 6.54. The molecule has 2 N–H and O–H groups in total.